The van der Waals surface area contributed by atoms with Crippen molar-refractivity contribution in [3.63, 3.8) is 0 Å². The van der Waals surface area contributed by atoms with Crippen molar-refractivity contribution in [1.29, 1.82) is 0 Å². The number of benzene rings is 2. The maximum Gasteiger partial charge on any atom is 0.171 e. The molecule has 5 nitrogen and oxygen atoms in total. The van der Waals surface area contributed by atoms with Crippen molar-refractivity contribution in [2.75, 3.05) is 12.4 Å². The maximum atomic E-state index is 5.33. The molecule has 3 aromatic rings. The first kappa shape index (κ1) is 17.0. The van der Waals surface area contributed by atoms with E-state index in [1.807, 2.05) is 53.3 Å². The van der Waals surface area contributed by atoms with Crippen LogP contribution in [-0.4, -0.2) is 22.0 Å². The van der Waals surface area contributed by atoms with Gasteiger partial charge in [-0.3, -0.25) is 4.68 Å². The predicted octanol–water partition coefficient (Wildman–Crippen LogP) is 3.43. The summed E-state index contributed by atoms with van der Waals surface area (Å²) in [4.78, 5) is 0. The normalized spacial score (nSPS) is 10.3. The zero-order valence-corrected chi connectivity index (χ0v) is 14.8. The van der Waals surface area contributed by atoms with Gasteiger partial charge in [0.1, 0.15) is 5.75 Å². The summed E-state index contributed by atoms with van der Waals surface area (Å²) in [5.41, 5.74) is 3.16. The van der Waals surface area contributed by atoms with Crippen molar-refractivity contribution in [1.82, 2.24) is 15.1 Å². The second-order valence-corrected chi connectivity index (χ2v) is 5.98. The molecule has 0 spiro atoms. The number of aromatic nitrogens is 2. The summed E-state index contributed by atoms with van der Waals surface area (Å²) in [5, 5.41) is 11.3. The smallest absolute Gasteiger partial charge is 0.171 e. The van der Waals surface area contributed by atoms with Gasteiger partial charge in [-0.05, 0) is 35.5 Å². The van der Waals surface area contributed by atoms with Gasteiger partial charge in [-0.1, -0.05) is 42.5 Å². The number of anilines is 1. The second kappa shape index (κ2) is 8.30. The number of nitrogens with one attached hydrogen (secondary N) is 2. The summed E-state index contributed by atoms with van der Waals surface area (Å²) in [6, 6.07) is 18.1. The van der Waals surface area contributed by atoms with Crippen LogP contribution < -0.4 is 15.4 Å². The van der Waals surface area contributed by atoms with Crippen molar-refractivity contribution in [2.45, 2.75) is 13.1 Å². The van der Waals surface area contributed by atoms with Gasteiger partial charge in [0.05, 0.1) is 25.5 Å². The Balaban J connectivity index is 1.53. The third kappa shape index (κ3) is 5.06. The summed E-state index contributed by atoms with van der Waals surface area (Å²) < 4.78 is 7.10. The van der Waals surface area contributed by atoms with E-state index < -0.39 is 0 Å². The molecule has 0 bridgehead atoms. The molecule has 0 aliphatic rings. The molecular weight excluding hydrogens is 332 g/mol. The van der Waals surface area contributed by atoms with Crippen molar-refractivity contribution >= 4 is 23.0 Å². The van der Waals surface area contributed by atoms with Crippen LogP contribution in [0.3, 0.4) is 0 Å². The molecule has 0 atom stereocenters. The largest absolute Gasteiger partial charge is 0.497 e. The Morgan fingerprint density at radius 1 is 1.12 bits per heavy atom. The van der Waals surface area contributed by atoms with E-state index in [0.717, 1.165) is 17.0 Å². The lowest BCUT2D eigenvalue weighted by molar-refractivity contribution is 0.414. The molecule has 0 fully saturated rings. The fourth-order valence-electron chi connectivity index (χ4n) is 2.43. The molecule has 0 saturated heterocycles. The van der Waals surface area contributed by atoms with Crippen LogP contribution in [0.1, 0.15) is 11.1 Å². The predicted molar refractivity (Wildman–Crippen MR) is 104 cm³/mol. The number of thiocarbonyl (C=S) groups is 1. The molecule has 3 rings (SSSR count). The molecule has 128 valence electrons. The average Bonchev–Trinajstić information content (AvgIpc) is 3.07. The van der Waals surface area contributed by atoms with E-state index in [1.165, 1.54) is 5.56 Å². The first-order valence-corrected chi connectivity index (χ1v) is 8.38. The van der Waals surface area contributed by atoms with E-state index in [2.05, 4.69) is 27.9 Å². The Morgan fingerprint density at radius 2 is 1.92 bits per heavy atom. The zero-order chi connectivity index (χ0) is 17.5. The number of ether oxygens (including phenoxy) is 1. The Kier molecular flexibility index (Phi) is 5.64. The van der Waals surface area contributed by atoms with Crippen molar-refractivity contribution in [2.24, 2.45) is 0 Å². The highest BCUT2D eigenvalue weighted by Crippen LogP contribution is 2.14. The number of nitrogens with zero attached hydrogens (tertiary/aromatic N) is 2. The Labute approximate surface area is 152 Å². The standard InChI is InChI=1S/C19H20N4OS/c1-24-18-9-5-8-16(10-18)13-23-14-17(12-21-23)22-19(25)20-11-15-6-3-2-4-7-15/h2-10,12,14H,11,13H2,1H3,(H2,20,22,25). The average molecular weight is 352 g/mol. The first-order chi connectivity index (χ1) is 12.2. The number of methoxy groups -OCH3 is 1. The highest BCUT2D eigenvalue weighted by atomic mass is 32.1. The molecule has 0 unspecified atom stereocenters. The van der Waals surface area contributed by atoms with E-state index in [-0.39, 0.29) is 0 Å². The number of hydrogen-bond acceptors (Lipinski definition) is 3. The fraction of sp³-hybridized carbons (Fsp3) is 0.158. The van der Waals surface area contributed by atoms with Crippen LogP contribution in [0.4, 0.5) is 5.69 Å². The van der Waals surface area contributed by atoms with Gasteiger partial charge >= 0.3 is 0 Å². The third-order valence-corrected chi connectivity index (χ3v) is 3.91. The lowest BCUT2D eigenvalue weighted by Gasteiger charge is -2.08. The van der Waals surface area contributed by atoms with E-state index >= 15 is 0 Å². The van der Waals surface area contributed by atoms with Gasteiger partial charge in [0.15, 0.2) is 5.11 Å². The molecule has 0 aliphatic carbocycles. The molecule has 25 heavy (non-hydrogen) atoms. The quantitative estimate of drug-likeness (QED) is 0.666. The summed E-state index contributed by atoms with van der Waals surface area (Å²) in [5.74, 6) is 0.842. The highest BCUT2D eigenvalue weighted by molar-refractivity contribution is 7.80. The van der Waals surface area contributed by atoms with Crippen LogP contribution >= 0.6 is 12.2 Å². The molecule has 2 aromatic carbocycles. The maximum absolute atomic E-state index is 5.33. The minimum absolute atomic E-state index is 0.574. The van der Waals surface area contributed by atoms with E-state index in [4.69, 9.17) is 17.0 Å². The van der Waals surface area contributed by atoms with E-state index in [1.54, 1.807) is 13.3 Å². The first-order valence-electron chi connectivity index (χ1n) is 7.97. The van der Waals surface area contributed by atoms with E-state index in [9.17, 15) is 0 Å². The summed E-state index contributed by atoms with van der Waals surface area (Å²) >= 11 is 5.33. The van der Waals surface area contributed by atoms with E-state index in [0.29, 0.717) is 18.2 Å². The van der Waals surface area contributed by atoms with Crippen molar-refractivity contribution in [3.05, 3.63) is 78.1 Å². The molecule has 0 radical (unpaired) electrons. The molecule has 0 amide bonds. The monoisotopic (exact) mass is 352 g/mol. The van der Waals surface area contributed by atoms with Crippen LogP contribution in [-0.2, 0) is 13.1 Å². The lowest BCUT2D eigenvalue weighted by Crippen LogP contribution is -2.27. The van der Waals surface area contributed by atoms with Crippen molar-refractivity contribution < 1.29 is 4.74 Å². The third-order valence-electron chi connectivity index (χ3n) is 3.67. The summed E-state index contributed by atoms with van der Waals surface area (Å²) in [6.07, 6.45) is 3.69. The van der Waals surface area contributed by atoms with Gasteiger partial charge in [0, 0.05) is 12.7 Å². The molecule has 2 N–H and O–H groups in total. The number of rotatable bonds is 6. The fourth-order valence-corrected chi connectivity index (χ4v) is 2.62. The minimum atomic E-state index is 0.574. The van der Waals surface area contributed by atoms with Crippen LogP contribution in [0.15, 0.2) is 67.0 Å². The van der Waals surface area contributed by atoms with Gasteiger partial charge in [-0.25, -0.2) is 0 Å². The molecule has 0 aliphatic heterocycles. The molecule has 1 aromatic heterocycles. The summed E-state index contributed by atoms with van der Waals surface area (Å²) in [6.45, 7) is 1.35. The molecule has 1 heterocycles. The zero-order valence-electron chi connectivity index (χ0n) is 14.0. The summed E-state index contributed by atoms with van der Waals surface area (Å²) in [7, 11) is 1.67. The van der Waals surface area contributed by atoms with Gasteiger partial charge in [0.25, 0.3) is 0 Å². The lowest BCUT2D eigenvalue weighted by atomic mass is 10.2. The van der Waals surface area contributed by atoms with Crippen LogP contribution in [0.25, 0.3) is 0 Å². The highest BCUT2D eigenvalue weighted by Gasteiger charge is 2.03. The van der Waals surface area contributed by atoms with Gasteiger partial charge in [0.2, 0.25) is 0 Å². The topological polar surface area (TPSA) is 51.1 Å². The minimum Gasteiger partial charge on any atom is -0.497 e. The Bertz CT molecular complexity index is 832. The van der Waals surface area contributed by atoms with Crippen LogP contribution in [0.2, 0.25) is 0 Å². The SMILES string of the molecule is COc1cccc(Cn2cc(NC(=S)NCc3ccccc3)cn2)c1. The van der Waals surface area contributed by atoms with Gasteiger partial charge in [-0.15, -0.1) is 0 Å². The van der Waals surface area contributed by atoms with Crippen LogP contribution in [0, 0.1) is 0 Å². The van der Waals surface area contributed by atoms with Gasteiger partial charge < -0.3 is 15.4 Å². The molecule has 0 saturated carbocycles. The van der Waals surface area contributed by atoms with Gasteiger partial charge in [-0.2, -0.15) is 5.10 Å². The molecule has 6 heteroatoms. The Hall–Kier alpha value is -2.86. The van der Waals surface area contributed by atoms with Crippen LogP contribution in [0.5, 0.6) is 5.75 Å². The Morgan fingerprint density at radius 3 is 2.72 bits per heavy atom. The second-order valence-electron chi connectivity index (χ2n) is 5.57. The van der Waals surface area contributed by atoms with Crippen molar-refractivity contribution in [3.8, 4) is 5.75 Å². The number of hydrogen-bond donors (Lipinski definition) is 2. The molecular formula is C19H20N4OS.